The van der Waals surface area contributed by atoms with Crippen LogP contribution in [0.5, 0.6) is 0 Å². The van der Waals surface area contributed by atoms with E-state index >= 15 is 0 Å². The molecular weight excluding hydrogens is 464 g/mol. The Balaban J connectivity index is 1.39. The highest BCUT2D eigenvalue weighted by Gasteiger charge is 2.30. The smallest absolute Gasteiger partial charge is 0.407 e. The zero-order valence-corrected chi connectivity index (χ0v) is 20.3. The standard InChI is InChI=1S/C27H28N2O5S/c1-2-17-13-14-35-24(17)15-28-26(32)23(11-12-25(30)31)29-27(33)34-16-22-20-9-5-3-7-18(20)19-8-4-6-10-21(19)22/h3-10,13-14,22-23H,2,11-12,15-16H2,1H3,(H,28,32)(H,29,33)(H,30,31). The lowest BCUT2D eigenvalue weighted by molar-refractivity contribution is -0.137. The average molecular weight is 493 g/mol. The van der Waals surface area contributed by atoms with Crippen LogP contribution >= 0.6 is 11.3 Å². The van der Waals surface area contributed by atoms with E-state index in [2.05, 4.69) is 22.8 Å². The molecule has 3 N–H and O–H groups in total. The summed E-state index contributed by atoms with van der Waals surface area (Å²) in [5.41, 5.74) is 5.57. The van der Waals surface area contributed by atoms with Gasteiger partial charge in [-0.05, 0) is 52.1 Å². The number of ether oxygens (including phenoxy) is 1. The van der Waals surface area contributed by atoms with Crippen LogP contribution in [0.1, 0.15) is 47.3 Å². The van der Waals surface area contributed by atoms with Crippen molar-refractivity contribution in [1.29, 1.82) is 0 Å². The van der Waals surface area contributed by atoms with E-state index in [4.69, 9.17) is 9.84 Å². The van der Waals surface area contributed by atoms with Crippen molar-refractivity contribution >= 4 is 29.3 Å². The zero-order chi connectivity index (χ0) is 24.8. The molecule has 1 unspecified atom stereocenters. The Labute approximate surface area is 208 Å². The summed E-state index contributed by atoms with van der Waals surface area (Å²) in [6, 6.07) is 17.1. The van der Waals surface area contributed by atoms with E-state index in [0.717, 1.165) is 39.1 Å². The van der Waals surface area contributed by atoms with Crippen molar-refractivity contribution in [3.63, 3.8) is 0 Å². The summed E-state index contributed by atoms with van der Waals surface area (Å²) in [5.74, 6) is -1.58. The van der Waals surface area contributed by atoms with E-state index in [-0.39, 0.29) is 25.4 Å². The zero-order valence-electron chi connectivity index (χ0n) is 19.5. The molecule has 8 heteroatoms. The minimum Gasteiger partial charge on any atom is -0.481 e. The molecule has 0 fully saturated rings. The molecule has 2 amide bonds. The highest BCUT2D eigenvalue weighted by atomic mass is 32.1. The van der Waals surface area contributed by atoms with Gasteiger partial charge in [0.05, 0.1) is 6.54 Å². The summed E-state index contributed by atoms with van der Waals surface area (Å²) in [5, 5.41) is 16.4. The number of nitrogens with one attached hydrogen (secondary N) is 2. The molecule has 0 saturated heterocycles. The molecule has 0 bridgehead atoms. The Kier molecular flexibility index (Phi) is 7.82. The first-order valence-corrected chi connectivity index (χ1v) is 12.5. The van der Waals surface area contributed by atoms with Crippen molar-refractivity contribution in [2.24, 2.45) is 0 Å². The van der Waals surface area contributed by atoms with Gasteiger partial charge < -0.3 is 20.5 Å². The number of fused-ring (bicyclic) bond motifs is 3. The number of thiophene rings is 1. The van der Waals surface area contributed by atoms with Crippen LogP contribution in [0.2, 0.25) is 0 Å². The average Bonchev–Trinajstić information content (AvgIpc) is 3.45. The number of aliphatic carboxylic acids is 1. The van der Waals surface area contributed by atoms with E-state index in [1.54, 1.807) is 11.3 Å². The maximum atomic E-state index is 12.8. The number of hydrogen-bond acceptors (Lipinski definition) is 5. The molecule has 1 heterocycles. The van der Waals surface area contributed by atoms with Crippen LogP contribution in [0, 0.1) is 0 Å². The van der Waals surface area contributed by atoms with Gasteiger partial charge in [-0.2, -0.15) is 0 Å². The van der Waals surface area contributed by atoms with Crippen molar-refractivity contribution < 1.29 is 24.2 Å². The molecule has 1 aliphatic rings. The quantitative estimate of drug-likeness (QED) is 0.381. The van der Waals surface area contributed by atoms with Gasteiger partial charge in [-0.25, -0.2) is 4.79 Å². The van der Waals surface area contributed by atoms with Crippen molar-refractivity contribution in [3.05, 3.63) is 81.5 Å². The van der Waals surface area contributed by atoms with Crippen LogP contribution in [0.4, 0.5) is 4.79 Å². The molecule has 35 heavy (non-hydrogen) atoms. The molecule has 0 spiro atoms. The fraction of sp³-hybridized carbons (Fsp3) is 0.296. The summed E-state index contributed by atoms with van der Waals surface area (Å²) >= 11 is 1.55. The van der Waals surface area contributed by atoms with Gasteiger partial charge in [0.2, 0.25) is 5.91 Å². The first-order valence-electron chi connectivity index (χ1n) is 11.6. The number of carbonyl (C=O) groups is 3. The maximum Gasteiger partial charge on any atom is 0.407 e. The molecule has 1 aromatic heterocycles. The number of hydrogen-bond donors (Lipinski definition) is 3. The van der Waals surface area contributed by atoms with Gasteiger partial charge in [0.25, 0.3) is 0 Å². The second-order valence-corrected chi connectivity index (χ2v) is 9.40. The van der Waals surface area contributed by atoms with Crippen molar-refractivity contribution in [2.45, 2.75) is 44.7 Å². The predicted octanol–water partition coefficient (Wildman–Crippen LogP) is 4.70. The number of rotatable bonds is 10. The van der Waals surface area contributed by atoms with Crippen LogP contribution in [-0.2, 0) is 27.3 Å². The van der Waals surface area contributed by atoms with E-state index in [1.807, 2.05) is 54.8 Å². The molecule has 0 aliphatic heterocycles. The van der Waals surface area contributed by atoms with Gasteiger partial charge >= 0.3 is 12.1 Å². The van der Waals surface area contributed by atoms with Crippen LogP contribution in [-0.4, -0.2) is 35.7 Å². The fourth-order valence-corrected chi connectivity index (χ4v) is 5.36. The molecule has 0 radical (unpaired) electrons. The monoisotopic (exact) mass is 492 g/mol. The molecule has 2 aromatic carbocycles. The SMILES string of the molecule is CCc1ccsc1CNC(=O)C(CCC(=O)O)NC(=O)OCC1c2ccccc2-c2ccccc21. The molecular formula is C27H28N2O5S. The minimum atomic E-state index is -1.04. The second-order valence-electron chi connectivity index (χ2n) is 8.40. The first-order chi connectivity index (χ1) is 17.0. The summed E-state index contributed by atoms with van der Waals surface area (Å²) in [6.45, 7) is 2.49. The van der Waals surface area contributed by atoms with Crippen LogP contribution in [0.25, 0.3) is 11.1 Å². The Morgan fingerprint density at radius 3 is 2.31 bits per heavy atom. The van der Waals surface area contributed by atoms with Gasteiger partial charge in [-0.3, -0.25) is 9.59 Å². The van der Waals surface area contributed by atoms with Gasteiger partial charge in [0.1, 0.15) is 12.6 Å². The van der Waals surface area contributed by atoms with Gasteiger partial charge in [0, 0.05) is 17.2 Å². The molecule has 1 aliphatic carbocycles. The number of alkyl carbamates (subject to hydrolysis) is 1. The van der Waals surface area contributed by atoms with E-state index in [1.165, 1.54) is 0 Å². The Hall–Kier alpha value is -3.65. The number of carbonyl (C=O) groups excluding carboxylic acids is 2. The summed E-state index contributed by atoms with van der Waals surface area (Å²) in [4.78, 5) is 37.6. The lowest BCUT2D eigenvalue weighted by atomic mass is 9.98. The third kappa shape index (κ3) is 5.71. The number of carboxylic acids is 1. The first kappa shape index (κ1) is 24.5. The largest absolute Gasteiger partial charge is 0.481 e. The van der Waals surface area contributed by atoms with E-state index in [0.29, 0.717) is 6.54 Å². The third-order valence-corrected chi connectivity index (χ3v) is 7.20. The maximum absolute atomic E-state index is 12.8. The highest BCUT2D eigenvalue weighted by Crippen LogP contribution is 2.44. The summed E-state index contributed by atoms with van der Waals surface area (Å²) in [6.07, 6.45) is -0.172. The molecule has 182 valence electrons. The van der Waals surface area contributed by atoms with Gasteiger partial charge in [0.15, 0.2) is 0 Å². The Morgan fingerprint density at radius 1 is 1.03 bits per heavy atom. The van der Waals surface area contributed by atoms with E-state index in [9.17, 15) is 14.4 Å². The molecule has 1 atom stereocenters. The molecule has 3 aromatic rings. The van der Waals surface area contributed by atoms with Crippen LogP contribution < -0.4 is 10.6 Å². The minimum absolute atomic E-state index is 0.0313. The number of benzene rings is 2. The third-order valence-electron chi connectivity index (χ3n) is 6.24. The normalized spacial score (nSPS) is 12.9. The highest BCUT2D eigenvalue weighted by molar-refractivity contribution is 7.10. The lowest BCUT2D eigenvalue weighted by Gasteiger charge is -2.19. The van der Waals surface area contributed by atoms with Crippen LogP contribution in [0.3, 0.4) is 0 Å². The van der Waals surface area contributed by atoms with Crippen LogP contribution in [0.15, 0.2) is 60.0 Å². The lowest BCUT2D eigenvalue weighted by Crippen LogP contribution is -2.47. The summed E-state index contributed by atoms with van der Waals surface area (Å²) < 4.78 is 5.54. The number of aryl methyl sites for hydroxylation is 1. The topological polar surface area (TPSA) is 105 Å². The molecule has 0 saturated carbocycles. The Bertz CT molecular complexity index is 1180. The fourth-order valence-electron chi connectivity index (χ4n) is 4.45. The van der Waals surface area contributed by atoms with Gasteiger partial charge in [-0.1, -0.05) is 55.5 Å². The van der Waals surface area contributed by atoms with Crippen molar-refractivity contribution in [3.8, 4) is 11.1 Å². The van der Waals surface area contributed by atoms with Gasteiger partial charge in [-0.15, -0.1) is 11.3 Å². The molecule has 7 nitrogen and oxygen atoms in total. The number of carboxylic acid groups (broad SMARTS) is 1. The second kappa shape index (κ2) is 11.2. The predicted molar refractivity (Wildman–Crippen MR) is 134 cm³/mol. The van der Waals surface area contributed by atoms with Crippen molar-refractivity contribution in [1.82, 2.24) is 10.6 Å². The number of amides is 2. The Morgan fingerprint density at radius 2 is 1.69 bits per heavy atom. The van der Waals surface area contributed by atoms with E-state index < -0.39 is 24.0 Å². The summed E-state index contributed by atoms with van der Waals surface area (Å²) in [7, 11) is 0. The van der Waals surface area contributed by atoms with Crippen molar-refractivity contribution in [2.75, 3.05) is 6.61 Å². The molecule has 4 rings (SSSR count).